The molecule has 1 aliphatic heterocycles. The van der Waals surface area contributed by atoms with Gasteiger partial charge in [0.05, 0.1) is 23.3 Å². The number of nitrogens with zero attached hydrogens (tertiary/aromatic N) is 3. The second-order valence-electron chi connectivity index (χ2n) is 12.1. The number of phenolic OH excluding ortho intramolecular Hbond substituents is 1. The van der Waals surface area contributed by atoms with E-state index in [1.54, 1.807) is 17.8 Å². The number of nitrogens with one attached hydrogen (secondary N) is 1. The lowest BCUT2D eigenvalue weighted by Gasteiger charge is -2.37. The number of fused-ring (bicyclic) bond motifs is 2. The van der Waals surface area contributed by atoms with E-state index in [-0.39, 0.29) is 5.75 Å². The lowest BCUT2D eigenvalue weighted by molar-refractivity contribution is 0.287. The molecule has 0 fully saturated rings. The van der Waals surface area contributed by atoms with E-state index in [0.29, 0.717) is 6.54 Å². The molecule has 0 saturated heterocycles. The number of benzene rings is 5. The standard InChI is InChI=1S/C40H41N5OS/c1-3-44(4-2)24-25-45-38-34(41)26-28(39-36(38)37(43-45)33-27-32(46)20-21-35(33)47-39)22-23-42-40(29-14-8-5-9-15-29,30-16-10-6-11-17-30)31-18-12-7-13-19-31/h5-21,26-27,42,46H,3-4,22-25,41H2,1-2H3. The molecule has 6 aromatic rings. The maximum absolute atomic E-state index is 10.4. The fraction of sp³-hybridized carbons (Fsp3) is 0.225. The molecule has 5 aromatic carbocycles. The van der Waals surface area contributed by atoms with Gasteiger partial charge in [-0.25, -0.2) is 0 Å². The van der Waals surface area contributed by atoms with Crippen molar-refractivity contribution in [1.29, 1.82) is 0 Å². The highest BCUT2D eigenvalue weighted by Crippen LogP contribution is 2.51. The third kappa shape index (κ3) is 5.69. The van der Waals surface area contributed by atoms with Gasteiger partial charge in [-0.05, 0) is 66.0 Å². The van der Waals surface area contributed by atoms with Gasteiger partial charge < -0.3 is 15.7 Å². The predicted octanol–water partition coefficient (Wildman–Crippen LogP) is 7.92. The number of nitrogen functional groups attached to an aromatic ring is 1. The van der Waals surface area contributed by atoms with E-state index in [1.807, 2.05) is 12.1 Å². The van der Waals surface area contributed by atoms with Crippen LogP contribution in [0.3, 0.4) is 0 Å². The van der Waals surface area contributed by atoms with Crippen molar-refractivity contribution in [2.75, 3.05) is 31.9 Å². The van der Waals surface area contributed by atoms with Crippen LogP contribution >= 0.6 is 11.8 Å². The molecule has 1 aromatic heterocycles. The molecule has 7 heteroatoms. The molecule has 0 amide bonds. The first-order chi connectivity index (χ1) is 23.0. The van der Waals surface area contributed by atoms with E-state index in [2.05, 4.69) is 126 Å². The first-order valence-electron chi connectivity index (χ1n) is 16.5. The Bertz CT molecular complexity index is 1890. The molecule has 0 spiro atoms. The quantitative estimate of drug-likeness (QED) is 0.0931. The third-order valence-electron chi connectivity index (χ3n) is 9.43. The van der Waals surface area contributed by atoms with Crippen LogP contribution in [0.2, 0.25) is 0 Å². The zero-order chi connectivity index (χ0) is 32.4. The number of rotatable bonds is 12. The molecule has 238 valence electrons. The summed E-state index contributed by atoms with van der Waals surface area (Å²) in [7, 11) is 0. The minimum absolute atomic E-state index is 0.242. The van der Waals surface area contributed by atoms with Gasteiger partial charge >= 0.3 is 0 Å². The van der Waals surface area contributed by atoms with E-state index in [9.17, 15) is 5.11 Å². The number of anilines is 1. The van der Waals surface area contributed by atoms with Crippen LogP contribution in [0.1, 0.15) is 36.1 Å². The van der Waals surface area contributed by atoms with Gasteiger partial charge in [0.2, 0.25) is 0 Å². The van der Waals surface area contributed by atoms with Crippen LogP contribution < -0.4 is 11.1 Å². The topological polar surface area (TPSA) is 79.3 Å². The number of hydrogen-bond acceptors (Lipinski definition) is 6. The number of hydrogen-bond donors (Lipinski definition) is 3. The van der Waals surface area contributed by atoms with Crippen LogP contribution in [0.15, 0.2) is 125 Å². The van der Waals surface area contributed by atoms with E-state index >= 15 is 0 Å². The molecule has 0 radical (unpaired) electrons. The normalized spacial score (nSPS) is 12.5. The van der Waals surface area contributed by atoms with Crippen molar-refractivity contribution in [2.45, 2.75) is 42.1 Å². The highest BCUT2D eigenvalue weighted by molar-refractivity contribution is 7.99. The minimum atomic E-state index is -0.547. The molecule has 0 unspecified atom stereocenters. The van der Waals surface area contributed by atoms with E-state index in [4.69, 9.17) is 10.8 Å². The van der Waals surface area contributed by atoms with Gasteiger partial charge in [-0.15, -0.1) is 0 Å². The Kier molecular flexibility index (Phi) is 8.78. The second kappa shape index (κ2) is 13.3. The Morgan fingerprint density at radius 2 is 1.43 bits per heavy atom. The first kappa shape index (κ1) is 31.1. The highest BCUT2D eigenvalue weighted by Gasteiger charge is 2.36. The SMILES string of the molecule is CCN(CC)CCn1nc2c3c(c(CCNC(c4ccccc4)(c4ccccc4)c4ccccc4)cc(N)c31)Sc1ccc(O)cc1-2. The largest absolute Gasteiger partial charge is 0.508 e. The van der Waals surface area contributed by atoms with Gasteiger partial charge in [-0.3, -0.25) is 10.00 Å². The first-order valence-corrected chi connectivity index (χ1v) is 17.3. The predicted molar refractivity (Wildman–Crippen MR) is 194 cm³/mol. The molecule has 1 aliphatic rings. The van der Waals surface area contributed by atoms with Crippen LogP contribution in [0, 0.1) is 0 Å². The number of aromatic nitrogens is 2. The molecule has 2 heterocycles. The van der Waals surface area contributed by atoms with Gasteiger partial charge in [-0.2, -0.15) is 5.10 Å². The fourth-order valence-electron chi connectivity index (χ4n) is 7.04. The summed E-state index contributed by atoms with van der Waals surface area (Å²) in [6.07, 6.45) is 0.772. The Morgan fingerprint density at radius 3 is 2.00 bits per heavy atom. The molecule has 47 heavy (non-hydrogen) atoms. The monoisotopic (exact) mass is 639 g/mol. The summed E-state index contributed by atoms with van der Waals surface area (Å²) in [5.41, 5.74) is 14.7. The van der Waals surface area contributed by atoms with Gasteiger partial charge in [0, 0.05) is 33.8 Å². The Morgan fingerprint density at radius 1 is 0.830 bits per heavy atom. The molecular formula is C40H41N5OS. The number of likely N-dealkylation sites (N-methyl/N-ethyl adjacent to an activating group) is 1. The van der Waals surface area contributed by atoms with E-state index in [1.165, 1.54) is 27.1 Å². The van der Waals surface area contributed by atoms with Crippen molar-refractivity contribution in [3.05, 3.63) is 138 Å². The Hall–Kier alpha value is -4.56. The van der Waals surface area contributed by atoms with Crippen molar-refractivity contribution in [3.8, 4) is 17.0 Å². The molecule has 0 aliphatic carbocycles. The van der Waals surface area contributed by atoms with Crippen molar-refractivity contribution >= 4 is 28.4 Å². The van der Waals surface area contributed by atoms with Crippen molar-refractivity contribution in [1.82, 2.24) is 20.0 Å². The fourth-order valence-corrected chi connectivity index (χ4v) is 8.25. The van der Waals surface area contributed by atoms with Crippen LogP contribution in [0.5, 0.6) is 5.75 Å². The maximum Gasteiger partial charge on any atom is 0.116 e. The third-order valence-corrected chi connectivity index (χ3v) is 10.7. The van der Waals surface area contributed by atoms with Crippen LogP contribution in [-0.4, -0.2) is 46.0 Å². The van der Waals surface area contributed by atoms with Gasteiger partial charge in [0.1, 0.15) is 11.4 Å². The molecule has 0 bridgehead atoms. The summed E-state index contributed by atoms with van der Waals surface area (Å²) in [5.74, 6) is 0.242. The Labute approximate surface area is 281 Å². The number of aromatic hydroxyl groups is 1. The zero-order valence-corrected chi connectivity index (χ0v) is 27.8. The minimum Gasteiger partial charge on any atom is -0.508 e. The van der Waals surface area contributed by atoms with E-state index < -0.39 is 5.54 Å². The summed E-state index contributed by atoms with van der Waals surface area (Å²) >= 11 is 1.75. The second-order valence-corrected chi connectivity index (χ2v) is 13.1. The average molecular weight is 640 g/mol. The molecule has 6 nitrogen and oxygen atoms in total. The van der Waals surface area contributed by atoms with Crippen LogP contribution in [-0.2, 0) is 18.5 Å². The van der Waals surface area contributed by atoms with Crippen molar-refractivity contribution in [3.63, 3.8) is 0 Å². The van der Waals surface area contributed by atoms with E-state index in [0.717, 1.165) is 65.3 Å². The maximum atomic E-state index is 10.4. The van der Waals surface area contributed by atoms with Crippen molar-refractivity contribution < 1.29 is 5.11 Å². The summed E-state index contributed by atoms with van der Waals surface area (Å²) < 4.78 is 2.08. The van der Waals surface area contributed by atoms with Crippen LogP contribution in [0.25, 0.3) is 22.2 Å². The van der Waals surface area contributed by atoms with Gasteiger partial charge in [0.25, 0.3) is 0 Å². The summed E-state index contributed by atoms with van der Waals surface area (Å²) in [6.45, 7) is 8.71. The summed E-state index contributed by atoms with van der Waals surface area (Å²) in [4.78, 5) is 4.69. The van der Waals surface area contributed by atoms with Gasteiger partial charge in [0.15, 0.2) is 0 Å². The molecule has 7 rings (SSSR count). The lowest BCUT2D eigenvalue weighted by atomic mass is 9.77. The lowest BCUT2D eigenvalue weighted by Crippen LogP contribution is -2.45. The summed E-state index contributed by atoms with van der Waals surface area (Å²) in [6, 6.07) is 39.9. The molecule has 0 atom stereocenters. The number of nitrogens with two attached hydrogens (primary N) is 1. The van der Waals surface area contributed by atoms with Gasteiger partial charge in [-0.1, -0.05) is 117 Å². The molecule has 4 N–H and O–H groups in total. The van der Waals surface area contributed by atoms with Crippen molar-refractivity contribution in [2.24, 2.45) is 0 Å². The molecular weight excluding hydrogens is 599 g/mol. The highest BCUT2D eigenvalue weighted by atomic mass is 32.2. The summed E-state index contributed by atoms with van der Waals surface area (Å²) in [5, 5.41) is 20.7. The smallest absolute Gasteiger partial charge is 0.116 e. The molecule has 0 saturated carbocycles. The average Bonchev–Trinajstić information content (AvgIpc) is 3.51. The Balaban J connectivity index is 1.30. The van der Waals surface area contributed by atoms with Crippen LogP contribution in [0.4, 0.5) is 5.69 Å². The number of phenols is 1. The zero-order valence-electron chi connectivity index (χ0n) is 27.0.